The highest BCUT2D eigenvalue weighted by Crippen LogP contribution is 2.24. The zero-order valence-electron chi connectivity index (χ0n) is 13.6. The molecule has 0 spiro atoms. The van der Waals surface area contributed by atoms with Crippen LogP contribution in [-0.2, 0) is 4.79 Å². The van der Waals surface area contributed by atoms with Crippen molar-refractivity contribution in [2.75, 3.05) is 6.54 Å². The minimum absolute atomic E-state index is 0.00765. The number of benzene rings is 2. The van der Waals surface area contributed by atoms with Gasteiger partial charge in [0.25, 0.3) is 5.91 Å². The molecule has 2 atom stereocenters. The number of nitrogens with zero attached hydrogens (tertiary/aromatic N) is 1. The topological polar surface area (TPSA) is 99.1 Å². The number of aliphatic hydroxyl groups excluding tert-OH is 1. The lowest BCUT2D eigenvalue weighted by atomic mass is 10.1. The summed E-state index contributed by atoms with van der Waals surface area (Å²) in [5.41, 5.74) is 3.28. The Morgan fingerprint density at radius 1 is 1.15 bits per heavy atom. The van der Waals surface area contributed by atoms with Gasteiger partial charge in [-0.3, -0.25) is 9.69 Å². The molecule has 2 amide bonds. The van der Waals surface area contributed by atoms with Crippen molar-refractivity contribution < 1.29 is 29.0 Å². The molecule has 0 aliphatic carbocycles. The molecule has 0 aromatic heterocycles. The van der Waals surface area contributed by atoms with Crippen LogP contribution < -0.4 is 10.3 Å². The molecule has 8 heteroatoms. The summed E-state index contributed by atoms with van der Waals surface area (Å²) in [5, 5.41) is 18.6. The maximum absolute atomic E-state index is 13.8. The van der Waals surface area contributed by atoms with Crippen LogP contribution in [0, 0.1) is 5.82 Å². The molecule has 0 saturated carbocycles. The maximum atomic E-state index is 13.8. The lowest BCUT2D eigenvalue weighted by molar-refractivity contribution is -0.131. The van der Waals surface area contributed by atoms with Crippen LogP contribution in [0.2, 0.25) is 0 Å². The Balaban J connectivity index is 1.62. The molecule has 26 heavy (non-hydrogen) atoms. The number of nitrogens with one attached hydrogen (secondary N) is 1. The smallest absolute Gasteiger partial charge is 0.408 e. The Morgan fingerprint density at radius 3 is 2.50 bits per heavy atom. The van der Waals surface area contributed by atoms with Gasteiger partial charge in [0.2, 0.25) is 0 Å². The number of hydrogen-bond acceptors (Lipinski definition) is 4. The third-order valence-electron chi connectivity index (χ3n) is 4.14. The zero-order valence-corrected chi connectivity index (χ0v) is 13.6. The molecule has 1 aliphatic heterocycles. The van der Waals surface area contributed by atoms with E-state index < -0.39 is 24.1 Å². The molecule has 7 nitrogen and oxygen atoms in total. The van der Waals surface area contributed by atoms with Crippen molar-refractivity contribution in [1.29, 1.82) is 0 Å². The predicted octanol–water partition coefficient (Wildman–Crippen LogP) is 2.02. The molecular formula is C18H17FN2O5. The second-order valence-corrected chi connectivity index (χ2v) is 5.91. The van der Waals surface area contributed by atoms with Gasteiger partial charge in [-0.15, -0.1) is 0 Å². The van der Waals surface area contributed by atoms with Crippen LogP contribution in [0.15, 0.2) is 48.5 Å². The van der Waals surface area contributed by atoms with E-state index in [4.69, 9.17) is 9.94 Å². The van der Waals surface area contributed by atoms with Crippen molar-refractivity contribution in [1.82, 2.24) is 10.4 Å². The quantitative estimate of drug-likeness (QED) is 0.725. The van der Waals surface area contributed by atoms with E-state index in [2.05, 4.69) is 5.48 Å². The molecule has 0 radical (unpaired) electrons. The van der Waals surface area contributed by atoms with Crippen LogP contribution in [-0.4, -0.2) is 45.8 Å². The van der Waals surface area contributed by atoms with E-state index in [0.717, 1.165) is 4.90 Å². The van der Waals surface area contributed by atoms with Crippen molar-refractivity contribution in [2.24, 2.45) is 0 Å². The van der Waals surface area contributed by atoms with Gasteiger partial charge < -0.3 is 15.1 Å². The first-order valence-electron chi connectivity index (χ1n) is 7.95. The number of carbonyl (C=O) groups is 2. The molecule has 1 heterocycles. The normalized spacial score (nSPS) is 19.2. The van der Waals surface area contributed by atoms with Gasteiger partial charge >= 0.3 is 6.09 Å². The monoisotopic (exact) mass is 360 g/mol. The second kappa shape index (κ2) is 7.40. The van der Waals surface area contributed by atoms with Crippen LogP contribution in [0.3, 0.4) is 0 Å². The van der Waals surface area contributed by atoms with Gasteiger partial charge in [-0.1, -0.05) is 30.3 Å². The molecule has 1 aliphatic rings. The molecule has 0 unspecified atom stereocenters. The summed E-state index contributed by atoms with van der Waals surface area (Å²) in [5.74, 6) is -0.705. The van der Waals surface area contributed by atoms with E-state index in [-0.39, 0.29) is 18.8 Å². The minimum atomic E-state index is -1.28. The number of halogens is 1. The van der Waals surface area contributed by atoms with Crippen molar-refractivity contribution in [2.45, 2.75) is 18.6 Å². The van der Waals surface area contributed by atoms with Crippen LogP contribution in [0.1, 0.15) is 6.42 Å². The first-order chi connectivity index (χ1) is 12.5. The molecular weight excluding hydrogens is 343 g/mol. The fourth-order valence-corrected chi connectivity index (χ4v) is 2.85. The van der Waals surface area contributed by atoms with Crippen molar-refractivity contribution in [3.8, 4) is 16.9 Å². The highest BCUT2D eigenvalue weighted by atomic mass is 19.1. The van der Waals surface area contributed by atoms with Gasteiger partial charge in [-0.2, -0.15) is 5.48 Å². The number of carbonyl (C=O) groups excluding carboxylic acids is 1. The average molecular weight is 360 g/mol. The largest absolute Gasteiger partial charge is 0.465 e. The van der Waals surface area contributed by atoms with Crippen molar-refractivity contribution in [3.63, 3.8) is 0 Å². The summed E-state index contributed by atoms with van der Waals surface area (Å²) in [4.78, 5) is 29.2. The Kier molecular flexibility index (Phi) is 5.04. The third kappa shape index (κ3) is 3.75. The summed E-state index contributed by atoms with van der Waals surface area (Å²) in [6, 6.07) is 11.7. The number of β-amino-alcohol motifs (C(OH)–C–C–N with tert-alkyl or cyclic N) is 1. The van der Waals surface area contributed by atoms with Crippen LogP contribution in [0.5, 0.6) is 5.75 Å². The Bertz CT molecular complexity index is 811. The summed E-state index contributed by atoms with van der Waals surface area (Å²) < 4.78 is 13.8. The minimum Gasteiger partial charge on any atom is -0.465 e. The summed E-state index contributed by atoms with van der Waals surface area (Å²) in [6.07, 6.45) is -2.16. The SMILES string of the molecule is O=C(NOc1ccc(-c2ccccc2F)cc1)[C@@H]1C[C@@H](O)CN1C(=O)O. The Hall–Kier alpha value is -3.13. The molecule has 136 valence electrons. The number of amides is 2. The maximum Gasteiger partial charge on any atom is 0.408 e. The first-order valence-corrected chi connectivity index (χ1v) is 7.95. The number of aliphatic hydroxyl groups is 1. The first kappa shape index (κ1) is 17.7. The number of hydrogen-bond donors (Lipinski definition) is 3. The number of likely N-dealkylation sites (tertiary alicyclic amines) is 1. The standard InChI is InChI=1S/C18H17FN2O5/c19-15-4-2-1-3-14(15)11-5-7-13(8-6-11)26-20-17(23)16-9-12(22)10-21(16)18(24)25/h1-8,12,16,22H,9-10H2,(H,20,23)(H,24,25)/t12-,16+/m1/s1. The number of rotatable bonds is 4. The van der Waals surface area contributed by atoms with Gasteiger partial charge in [0.05, 0.1) is 12.6 Å². The van der Waals surface area contributed by atoms with Crippen molar-refractivity contribution in [3.05, 3.63) is 54.3 Å². The van der Waals surface area contributed by atoms with Crippen LogP contribution in [0.4, 0.5) is 9.18 Å². The van der Waals surface area contributed by atoms with Crippen molar-refractivity contribution >= 4 is 12.0 Å². The van der Waals surface area contributed by atoms with E-state index in [1.54, 1.807) is 42.5 Å². The van der Waals surface area contributed by atoms with E-state index in [9.17, 15) is 19.1 Å². The van der Waals surface area contributed by atoms with E-state index in [1.165, 1.54) is 6.07 Å². The van der Waals surface area contributed by atoms with Gasteiger partial charge in [-0.05, 0) is 23.8 Å². The number of carboxylic acid groups (broad SMARTS) is 1. The molecule has 3 rings (SSSR count). The van der Waals surface area contributed by atoms with Gasteiger partial charge in [0.1, 0.15) is 11.9 Å². The Morgan fingerprint density at radius 2 is 1.85 bits per heavy atom. The van der Waals surface area contributed by atoms with Crippen LogP contribution >= 0.6 is 0 Å². The van der Waals surface area contributed by atoms with Gasteiger partial charge in [0.15, 0.2) is 5.75 Å². The molecule has 1 fully saturated rings. The van der Waals surface area contributed by atoms with E-state index in [0.29, 0.717) is 16.9 Å². The predicted molar refractivity (Wildman–Crippen MR) is 89.7 cm³/mol. The average Bonchev–Trinajstić information content (AvgIpc) is 3.03. The summed E-state index contributed by atoms with van der Waals surface area (Å²) in [6.45, 7) is -0.120. The third-order valence-corrected chi connectivity index (χ3v) is 4.14. The van der Waals surface area contributed by atoms with Gasteiger partial charge in [-0.25, -0.2) is 9.18 Å². The lowest BCUT2D eigenvalue weighted by Gasteiger charge is -2.20. The Labute approximate surface area is 148 Å². The fraction of sp³-hybridized carbons (Fsp3) is 0.222. The second-order valence-electron chi connectivity index (χ2n) is 5.91. The molecule has 0 bridgehead atoms. The number of hydroxylamine groups is 1. The highest BCUT2D eigenvalue weighted by Gasteiger charge is 2.39. The van der Waals surface area contributed by atoms with E-state index >= 15 is 0 Å². The van der Waals surface area contributed by atoms with Gasteiger partial charge in [0, 0.05) is 12.0 Å². The summed E-state index contributed by atoms with van der Waals surface area (Å²) >= 11 is 0. The molecule has 2 aromatic rings. The summed E-state index contributed by atoms with van der Waals surface area (Å²) in [7, 11) is 0. The molecule has 2 aromatic carbocycles. The molecule has 1 saturated heterocycles. The zero-order chi connectivity index (χ0) is 18.7. The molecule has 3 N–H and O–H groups in total. The highest BCUT2D eigenvalue weighted by molar-refractivity contribution is 5.85. The van der Waals surface area contributed by atoms with Crippen LogP contribution in [0.25, 0.3) is 11.1 Å². The lowest BCUT2D eigenvalue weighted by Crippen LogP contribution is -2.46. The fourth-order valence-electron chi connectivity index (χ4n) is 2.85. The van der Waals surface area contributed by atoms with E-state index in [1.807, 2.05) is 0 Å².